The van der Waals surface area contributed by atoms with E-state index >= 15 is 0 Å². The van der Waals surface area contributed by atoms with Crippen molar-refractivity contribution in [2.75, 3.05) is 36.5 Å². The lowest BCUT2D eigenvalue weighted by Crippen LogP contribution is -2.45. The Morgan fingerprint density at radius 3 is 2.36 bits per heavy atom. The van der Waals surface area contributed by atoms with Crippen molar-refractivity contribution in [2.24, 2.45) is 0 Å². The Balaban J connectivity index is 1.37. The van der Waals surface area contributed by atoms with Crippen LogP contribution in [0.5, 0.6) is 0 Å². The summed E-state index contributed by atoms with van der Waals surface area (Å²) in [5, 5.41) is 11.1. The van der Waals surface area contributed by atoms with Crippen LogP contribution in [0.4, 0.5) is 11.6 Å². The summed E-state index contributed by atoms with van der Waals surface area (Å²) in [6.45, 7) is 2.97. The molecular formula is C18H20N4O3. The predicted molar refractivity (Wildman–Crippen MR) is 92.5 cm³/mol. The van der Waals surface area contributed by atoms with Crippen LogP contribution in [0.15, 0.2) is 42.5 Å². The molecule has 2 fully saturated rings. The van der Waals surface area contributed by atoms with Crippen molar-refractivity contribution in [2.45, 2.75) is 18.6 Å². The van der Waals surface area contributed by atoms with Gasteiger partial charge in [0.15, 0.2) is 17.4 Å². The first-order valence-corrected chi connectivity index (χ1v) is 8.47. The summed E-state index contributed by atoms with van der Waals surface area (Å²) in [6.07, 6.45) is 1.64. The molecular weight excluding hydrogens is 320 g/mol. The van der Waals surface area contributed by atoms with E-state index in [0.29, 0.717) is 24.6 Å². The number of anilines is 2. The molecule has 130 valence electrons. The van der Waals surface area contributed by atoms with E-state index in [-0.39, 0.29) is 5.91 Å². The van der Waals surface area contributed by atoms with Crippen molar-refractivity contribution in [3.05, 3.63) is 48.0 Å². The van der Waals surface area contributed by atoms with Crippen molar-refractivity contribution in [1.29, 1.82) is 0 Å². The number of hydrogen-bond acceptors (Lipinski definition) is 6. The fourth-order valence-corrected chi connectivity index (χ4v) is 3.20. The van der Waals surface area contributed by atoms with Crippen molar-refractivity contribution in [1.82, 2.24) is 10.2 Å². The van der Waals surface area contributed by atoms with Crippen LogP contribution >= 0.6 is 0 Å². The SMILES string of the molecule is O=C(Nc1ccc(N2CCC3(CC2)OCCO3)nn1)c1ccccc1. The summed E-state index contributed by atoms with van der Waals surface area (Å²) in [7, 11) is 0. The molecule has 1 N–H and O–H groups in total. The number of benzene rings is 1. The molecule has 0 unspecified atom stereocenters. The van der Waals surface area contributed by atoms with Crippen LogP contribution < -0.4 is 10.2 Å². The summed E-state index contributed by atoms with van der Waals surface area (Å²) in [5.74, 6) is 0.644. The van der Waals surface area contributed by atoms with Gasteiger partial charge in [-0.05, 0) is 24.3 Å². The molecule has 0 atom stereocenters. The van der Waals surface area contributed by atoms with Crippen molar-refractivity contribution in [3.8, 4) is 0 Å². The van der Waals surface area contributed by atoms with Crippen LogP contribution in [0.1, 0.15) is 23.2 Å². The molecule has 2 aliphatic rings. The predicted octanol–water partition coefficient (Wildman–Crippen LogP) is 2.07. The van der Waals surface area contributed by atoms with Crippen LogP contribution in [0.2, 0.25) is 0 Å². The third-order valence-corrected chi connectivity index (χ3v) is 4.59. The van der Waals surface area contributed by atoms with Gasteiger partial charge in [-0.1, -0.05) is 18.2 Å². The maximum Gasteiger partial charge on any atom is 0.256 e. The second-order valence-electron chi connectivity index (χ2n) is 6.19. The molecule has 25 heavy (non-hydrogen) atoms. The summed E-state index contributed by atoms with van der Waals surface area (Å²) < 4.78 is 11.5. The van der Waals surface area contributed by atoms with E-state index in [2.05, 4.69) is 20.4 Å². The molecule has 2 saturated heterocycles. The van der Waals surface area contributed by atoms with Gasteiger partial charge in [0.2, 0.25) is 0 Å². The largest absolute Gasteiger partial charge is 0.355 e. The maximum absolute atomic E-state index is 12.1. The highest BCUT2D eigenvalue weighted by Crippen LogP contribution is 2.32. The van der Waals surface area contributed by atoms with Crippen molar-refractivity contribution < 1.29 is 14.3 Å². The molecule has 0 bridgehead atoms. The van der Waals surface area contributed by atoms with E-state index < -0.39 is 5.79 Å². The number of carbonyl (C=O) groups is 1. The highest BCUT2D eigenvalue weighted by atomic mass is 16.7. The fraction of sp³-hybridized carbons (Fsp3) is 0.389. The minimum absolute atomic E-state index is 0.196. The maximum atomic E-state index is 12.1. The first-order valence-electron chi connectivity index (χ1n) is 8.47. The molecule has 1 aromatic heterocycles. The van der Waals surface area contributed by atoms with Gasteiger partial charge in [0.05, 0.1) is 13.2 Å². The Morgan fingerprint density at radius 1 is 1.00 bits per heavy atom. The average molecular weight is 340 g/mol. The lowest BCUT2D eigenvalue weighted by molar-refractivity contribution is -0.169. The quantitative estimate of drug-likeness (QED) is 0.922. The number of amides is 1. The van der Waals surface area contributed by atoms with Crippen LogP contribution in [0.3, 0.4) is 0 Å². The number of carbonyl (C=O) groups excluding carboxylic acids is 1. The molecule has 0 radical (unpaired) electrons. The van der Waals surface area contributed by atoms with Crippen LogP contribution in [0.25, 0.3) is 0 Å². The smallest absolute Gasteiger partial charge is 0.256 e. The third-order valence-electron chi connectivity index (χ3n) is 4.59. The van der Waals surface area contributed by atoms with Gasteiger partial charge >= 0.3 is 0 Å². The zero-order valence-electron chi connectivity index (χ0n) is 13.9. The van der Waals surface area contributed by atoms with Gasteiger partial charge in [0.25, 0.3) is 5.91 Å². The number of rotatable bonds is 3. The molecule has 4 rings (SSSR count). The van der Waals surface area contributed by atoms with Crippen molar-refractivity contribution in [3.63, 3.8) is 0 Å². The topological polar surface area (TPSA) is 76.6 Å². The Hall–Kier alpha value is -2.51. The molecule has 0 saturated carbocycles. The fourth-order valence-electron chi connectivity index (χ4n) is 3.20. The standard InChI is InChI=1S/C18H20N4O3/c23-17(14-4-2-1-3-5-14)19-15-6-7-16(21-20-15)22-10-8-18(9-11-22)24-12-13-25-18/h1-7H,8-13H2,(H,19,20,23). The normalized spacial score (nSPS) is 19.1. The Labute approximate surface area is 146 Å². The molecule has 1 amide bonds. The van der Waals surface area contributed by atoms with E-state index in [9.17, 15) is 4.79 Å². The van der Waals surface area contributed by atoms with Crippen LogP contribution in [0, 0.1) is 0 Å². The molecule has 7 heteroatoms. The van der Waals surface area contributed by atoms with E-state index in [1.54, 1.807) is 18.2 Å². The number of aromatic nitrogens is 2. The zero-order chi connectivity index (χ0) is 17.1. The Bertz CT molecular complexity index is 720. The monoisotopic (exact) mass is 340 g/mol. The minimum Gasteiger partial charge on any atom is -0.355 e. The number of nitrogens with zero attached hydrogens (tertiary/aromatic N) is 3. The van der Waals surface area contributed by atoms with E-state index in [1.165, 1.54) is 0 Å². The molecule has 0 aliphatic carbocycles. The molecule has 1 spiro atoms. The lowest BCUT2D eigenvalue weighted by atomic mass is 10.0. The van der Waals surface area contributed by atoms with Crippen LogP contribution in [-0.4, -0.2) is 48.2 Å². The summed E-state index contributed by atoms with van der Waals surface area (Å²) in [5.41, 5.74) is 0.589. The second kappa shape index (κ2) is 6.78. The minimum atomic E-state index is -0.395. The Morgan fingerprint density at radius 2 is 1.72 bits per heavy atom. The number of piperidine rings is 1. The second-order valence-corrected chi connectivity index (χ2v) is 6.19. The highest BCUT2D eigenvalue weighted by molar-refractivity contribution is 6.03. The molecule has 1 aromatic carbocycles. The van der Waals surface area contributed by atoms with E-state index in [4.69, 9.17) is 9.47 Å². The number of hydrogen-bond donors (Lipinski definition) is 1. The number of ether oxygens (including phenoxy) is 2. The summed E-state index contributed by atoms with van der Waals surface area (Å²) in [4.78, 5) is 14.3. The van der Waals surface area contributed by atoms with Gasteiger partial charge in [-0.25, -0.2) is 0 Å². The van der Waals surface area contributed by atoms with E-state index in [1.807, 2.05) is 24.3 Å². The zero-order valence-corrected chi connectivity index (χ0v) is 13.9. The van der Waals surface area contributed by atoms with Gasteiger partial charge in [0.1, 0.15) is 0 Å². The van der Waals surface area contributed by atoms with Gasteiger partial charge in [0, 0.05) is 31.5 Å². The third kappa shape index (κ3) is 3.47. The summed E-state index contributed by atoms with van der Waals surface area (Å²) in [6, 6.07) is 12.7. The molecule has 7 nitrogen and oxygen atoms in total. The lowest BCUT2D eigenvalue weighted by Gasteiger charge is -2.37. The van der Waals surface area contributed by atoms with Crippen molar-refractivity contribution >= 4 is 17.5 Å². The van der Waals surface area contributed by atoms with E-state index in [0.717, 1.165) is 31.7 Å². The average Bonchev–Trinajstić information content (AvgIpc) is 3.12. The Kier molecular flexibility index (Phi) is 4.33. The van der Waals surface area contributed by atoms with Gasteiger partial charge < -0.3 is 19.7 Å². The van der Waals surface area contributed by atoms with Gasteiger partial charge in [-0.3, -0.25) is 4.79 Å². The highest BCUT2D eigenvalue weighted by Gasteiger charge is 2.40. The first-order chi connectivity index (χ1) is 12.2. The molecule has 2 aliphatic heterocycles. The first kappa shape index (κ1) is 16.0. The van der Waals surface area contributed by atoms with Gasteiger partial charge in [-0.2, -0.15) is 0 Å². The summed E-state index contributed by atoms with van der Waals surface area (Å²) >= 11 is 0. The molecule has 2 aromatic rings. The van der Waals surface area contributed by atoms with Gasteiger partial charge in [-0.15, -0.1) is 10.2 Å². The van der Waals surface area contributed by atoms with Crippen LogP contribution in [-0.2, 0) is 9.47 Å². The number of nitrogens with one attached hydrogen (secondary N) is 1. The molecule has 3 heterocycles.